The molecule has 0 saturated heterocycles. The predicted molar refractivity (Wildman–Crippen MR) is 120 cm³/mol. The van der Waals surface area contributed by atoms with Crippen LogP contribution in [0, 0.1) is 6.92 Å². The van der Waals surface area contributed by atoms with Gasteiger partial charge in [0.05, 0.1) is 5.69 Å². The summed E-state index contributed by atoms with van der Waals surface area (Å²) < 4.78 is 95.5. The number of amides is 2. The summed E-state index contributed by atoms with van der Waals surface area (Å²) in [5, 5.41) is 17.5. The molecule has 1 heterocycles. The predicted octanol–water partition coefficient (Wildman–Crippen LogP) is 5.45. The maximum atomic E-state index is 14.6. The van der Waals surface area contributed by atoms with Crippen molar-refractivity contribution in [3.63, 3.8) is 0 Å². The Morgan fingerprint density at radius 2 is 1.66 bits per heavy atom. The lowest BCUT2D eigenvalue weighted by Gasteiger charge is -2.31. The monoisotopic (exact) mass is 547 g/mol. The Balaban J connectivity index is 2.01. The second kappa shape index (κ2) is 10.3. The number of nitrogens with one attached hydrogen (secondary N) is 2. The second-order valence-electron chi connectivity index (χ2n) is 8.13. The minimum absolute atomic E-state index is 0.00740. The Hall–Kier alpha value is -4.17. The minimum Gasteiger partial charge on any atom is -0.465 e. The number of hydrogen-bond donors (Lipinski definition) is 3. The summed E-state index contributed by atoms with van der Waals surface area (Å²) in [6.07, 6.45) is -11.5. The first-order valence-corrected chi connectivity index (χ1v) is 10.8. The number of carboxylic acid groups (broad SMARTS) is 1. The smallest absolute Gasteiger partial charge is 0.435 e. The third-order valence-electron chi connectivity index (χ3n) is 5.65. The lowest BCUT2D eigenvalue weighted by Crippen LogP contribution is -2.50. The number of hydrogen-bond acceptors (Lipinski definition) is 4. The number of benzene rings is 2. The molecule has 0 aliphatic rings. The molecule has 1 aromatic heterocycles. The van der Waals surface area contributed by atoms with Gasteiger partial charge < -0.3 is 15.7 Å². The van der Waals surface area contributed by atoms with Gasteiger partial charge in [0.1, 0.15) is 12.7 Å². The zero-order chi connectivity index (χ0) is 28.5. The number of alkyl halides is 7. The molecule has 8 nitrogen and oxygen atoms in total. The van der Waals surface area contributed by atoms with Crippen molar-refractivity contribution in [1.82, 2.24) is 20.1 Å². The highest BCUT2D eigenvalue weighted by Crippen LogP contribution is 2.53. The van der Waals surface area contributed by atoms with Crippen LogP contribution in [0.4, 0.5) is 41.2 Å². The molecule has 0 aliphatic heterocycles. The molecule has 3 N–H and O–H groups in total. The van der Waals surface area contributed by atoms with Crippen LogP contribution in [0.5, 0.6) is 0 Å². The molecule has 15 heteroatoms. The number of rotatable bonds is 7. The summed E-state index contributed by atoms with van der Waals surface area (Å²) in [6, 6.07) is 4.96. The number of halogens is 7. The number of carbonyl (C=O) groups is 2. The summed E-state index contributed by atoms with van der Waals surface area (Å²) in [7, 11) is 0. The molecular formula is C23H20F7N5O3. The van der Waals surface area contributed by atoms with Crippen LogP contribution in [0.25, 0.3) is 5.69 Å². The van der Waals surface area contributed by atoms with Crippen LogP contribution < -0.4 is 10.6 Å². The fraction of sp³-hybridized carbons (Fsp3) is 0.304. The quantitative estimate of drug-likeness (QED) is 0.341. The van der Waals surface area contributed by atoms with E-state index in [4.69, 9.17) is 5.11 Å². The standard InChI is InChI=1S/C23H20F7N5O3/c1-3-13-8-16(21(24,22(25,26)27)23(28,29)30)6-12(2)18(13)34-19(36)14-4-5-17(35-11-31-10-33-35)15(7-14)9-32-20(37)38/h4-8,10-11,32H,3,9H2,1-2H3,(H,34,36)(H,37,38). The maximum absolute atomic E-state index is 14.6. The first-order valence-electron chi connectivity index (χ1n) is 10.8. The van der Waals surface area contributed by atoms with Crippen molar-refractivity contribution in [3.8, 4) is 5.69 Å². The van der Waals surface area contributed by atoms with Gasteiger partial charge in [0.15, 0.2) is 0 Å². The van der Waals surface area contributed by atoms with Gasteiger partial charge in [0.2, 0.25) is 0 Å². The summed E-state index contributed by atoms with van der Waals surface area (Å²) in [5.74, 6) is -0.796. The van der Waals surface area contributed by atoms with E-state index in [1.54, 1.807) is 0 Å². The highest BCUT2D eigenvalue weighted by molar-refractivity contribution is 6.05. The number of nitrogens with zero attached hydrogens (tertiary/aromatic N) is 3. The molecule has 38 heavy (non-hydrogen) atoms. The fourth-order valence-corrected chi connectivity index (χ4v) is 3.79. The number of aryl methyl sites for hydroxylation is 2. The van der Waals surface area contributed by atoms with Gasteiger partial charge in [-0.25, -0.2) is 18.9 Å². The van der Waals surface area contributed by atoms with Crippen LogP contribution in [0.3, 0.4) is 0 Å². The van der Waals surface area contributed by atoms with Gasteiger partial charge in [-0.15, -0.1) is 0 Å². The zero-order valence-electron chi connectivity index (χ0n) is 19.7. The normalized spacial score (nSPS) is 12.3. The minimum atomic E-state index is -6.28. The topological polar surface area (TPSA) is 109 Å². The highest BCUT2D eigenvalue weighted by atomic mass is 19.4. The molecule has 0 atom stereocenters. The SMILES string of the molecule is CCc1cc(C(F)(C(F)(F)F)C(F)(F)F)cc(C)c1NC(=O)c1ccc(-n2cncn2)c(CNC(=O)O)c1. The number of aromatic nitrogens is 3. The van der Waals surface area contributed by atoms with Gasteiger partial charge in [-0.3, -0.25) is 4.79 Å². The van der Waals surface area contributed by atoms with Gasteiger partial charge in [0.25, 0.3) is 5.91 Å². The van der Waals surface area contributed by atoms with E-state index in [0.29, 0.717) is 23.4 Å². The number of anilines is 1. The van der Waals surface area contributed by atoms with Crippen molar-refractivity contribution in [3.05, 3.63) is 70.8 Å². The van der Waals surface area contributed by atoms with Crippen LogP contribution >= 0.6 is 0 Å². The Morgan fingerprint density at radius 1 is 1.00 bits per heavy atom. The molecular weight excluding hydrogens is 527 g/mol. The first kappa shape index (κ1) is 28.4. The van der Waals surface area contributed by atoms with E-state index < -0.39 is 35.6 Å². The zero-order valence-corrected chi connectivity index (χ0v) is 19.7. The first-order chi connectivity index (χ1) is 17.6. The largest absolute Gasteiger partial charge is 0.465 e. The van der Waals surface area contributed by atoms with Crippen LogP contribution in [-0.4, -0.2) is 44.2 Å². The van der Waals surface area contributed by atoms with Crippen LogP contribution in [0.1, 0.15) is 39.5 Å². The average molecular weight is 547 g/mol. The van der Waals surface area contributed by atoms with Gasteiger partial charge in [-0.05, 0) is 54.3 Å². The van der Waals surface area contributed by atoms with Gasteiger partial charge in [-0.2, -0.15) is 31.4 Å². The Bertz CT molecular complexity index is 1320. The average Bonchev–Trinajstić information content (AvgIpc) is 3.36. The molecule has 0 bridgehead atoms. The van der Waals surface area contributed by atoms with Gasteiger partial charge in [-0.1, -0.05) is 13.0 Å². The van der Waals surface area contributed by atoms with Crippen LogP contribution in [0.2, 0.25) is 0 Å². The van der Waals surface area contributed by atoms with Crippen molar-refractivity contribution in [2.24, 2.45) is 0 Å². The van der Waals surface area contributed by atoms with Crippen molar-refractivity contribution in [1.29, 1.82) is 0 Å². The van der Waals surface area contributed by atoms with Crippen molar-refractivity contribution in [2.45, 2.75) is 44.8 Å². The summed E-state index contributed by atoms with van der Waals surface area (Å²) in [6.45, 7) is 2.33. The molecule has 3 aromatic rings. The Kier molecular flexibility index (Phi) is 7.70. The van der Waals surface area contributed by atoms with Crippen molar-refractivity contribution in [2.75, 3.05) is 5.32 Å². The molecule has 0 aliphatic carbocycles. The molecule has 0 saturated carbocycles. The van der Waals surface area contributed by atoms with E-state index in [1.165, 1.54) is 42.5 Å². The number of carbonyl (C=O) groups excluding carboxylic acids is 1. The lowest BCUT2D eigenvalue weighted by atomic mass is 9.89. The van der Waals surface area contributed by atoms with Crippen LogP contribution in [-0.2, 0) is 18.6 Å². The summed E-state index contributed by atoms with van der Waals surface area (Å²) in [5.41, 5.74) is -7.03. The Morgan fingerprint density at radius 3 is 2.18 bits per heavy atom. The molecule has 204 valence electrons. The summed E-state index contributed by atoms with van der Waals surface area (Å²) in [4.78, 5) is 27.8. The van der Waals surface area contributed by atoms with Gasteiger partial charge >= 0.3 is 24.1 Å². The molecule has 0 radical (unpaired) electrons. The van der Waals surface area contributed by atoms with Crippen molar-refractivity contribution < 1.29 is 45.4 Å². The maximum Gasteiger partial charge on any atom is 0.435 e. The molecule has 2 aromatic carbocycles. The van der Waals surface area contributed by atoms with E-state index in [2.05, 4.69) is 20.7 Å². The highest BCUT2D eigenvalue weighted by Gasteiger charge is 2.73. The molecule has 0 spiro atoms. The lowest BCUT2D eigenvalue weighted by molar-refractivity contribution is -0.348. The Labute approximate surface area is 210 Å². The van der Waals surface area contributed by atoms with E-state index in [1.807, 2.05) is 0 Å². The molecule has 0 unspecified atom stereocenters. The van der Waals surface area contributed by atoms with E-state index >= 15 is 0 Å². The van der Waals surface area contributed by atoms with E-state index in [-0.39, 0.29) is 35.3 Å². The van der Waals surface area contributed by atoms with Gasteiger partial charge in [0, 0.05) is 23.4 Å². The van der Waals surface area contributed by atoms with E-state index in [9.17, 15) is 40.3 Å². The van der Waals surface area contributed by atoms with Crippen LogP contribution in [0.15, 0.2) is 43.0 Å². The third-order valence-corrected chi connectivity index (χ3v) is 5.65. The van der Waals surface area contributed by atoms with E-state index in [0.717, 1.165) is 6.92 Å². The molecule has 0 fully saturated rings. The molecule has 3 rings (SSSR count). The third kappa shape index (κ3) is 5.40. The molecule has 2 amide bonds. The summed E-state index contributed by atoms with van der Waals surface area (Å²) >= 11 is 0. The van der Waals surface area contributed by atoms with Crippen molar-refractivity contribution >= 4 is 17.7 Å². The second-order valence-corrected chi connectivity index (χ2v) is 8.13. The fourth-order valence-electron chi connectivity index (χ4n) is 3.79.